The fourth-order valence-electron chi connectivity index (χ4n) is 4.00. The van der Waals surface area contributed by atoms with Gasteiger partial charge in [-0.2, -0.15) is 0 Å². The molecule has 4 aromatic rings. The Hall–Kier alpha value is -3.98. The highest BCUT2D eigenvalue weighted by molar-refractivity contribution is 7.98. The molecular formula is C30H33N3O5S. The van der Waals surface area contributed by atoms with E-state index >= 15 is 0 Å². The second kappa shape index (κ2) is 11.4. The quantitative estimate of drug-likeness (QED) is 0.246. The summed E-state index contributed by atoms with van der Waals surface area (Å²) < 4.78 is 18.5. The van der Waals surface area contributed by atoms with Crippen LogP contribution in [0.15, 0.2) is 78.0 Å². The number of hydrogen-bond acceptors (Lipinski definition) is 7. The molecule has 8 nitrogen and oxygen atoms in total. The van der Waals surface area contributed by atoms with Crippen LogP contribution in [0.25, 0.3) is 11.0 Å². The molecule has 0 saturated carbocycles. The Labute approximate surface area is 232 Å². The molecule has 0 spiro atoms. The Kier molecular flexibility index (Phi) is 8.20. The van der Waals surface area contributed by atoms with E-state index < -0.39 is 23.2 Å². The first-order valence-corrected chi connectivity index (χ1v) is 13.3. The number of rotatable bonds is 8. The maximum Gasteiger partial charge on any atom is 0.408 e. The van der Waals surface area contributed by atoms with Crippen LogP contribution in [0.5, 0.6) is 11.5 Å². The van der Waals surface area contributed by atoms with Crippen LogP contribution < -0.4 is 10.1 Å². The molecule has 0 aliphatic rings. The molecule has 0 bridgehead atoms. The number of aryl methyl sites for hydroxylation is 1. The average molecular weight is 548 g/mol. The molecule has 0 fully saturated rings. The van der Waals surface area contributed by atoms with Crippen molar-refractivity contribution in [1.29, 1.82) is 0 Å². The van der Waals surface area contributed by atoms with Crippen molar-refractivity contribution in [2.45, 2.75) is 57.1 Å². The first kappa shape index (κ1) is 28.0. The van der Waals surface area contributed by atoms with Gasteiger partial charge >= 0.3 is 12.1 Å². The summed E-state index contributed by atoms with van der Waals surface area (Å²) in [5.74, 6) is 0.743. The molecule has 2 heterocycles. The topological polar surface area (TPSA) is 91.7 Å². The molecule has 2 aromatic carbocycles. The van der Waals surface area contributed by atoms with Gasteiger partial charge in [0.2, 0.25) is 0 Å². The fourth-order valence-corrected chi connectivity index (χ4v) is 4.84. The lowest BCUT2D eigenvalue weighted by Gasteiger charge is -2.29. The number of alkyl carbamates (subject to hydrolysis) is 1. The summed E-state index contributed by atoms with van der Waals surface area (Å²) in [4.78, 5) is 30.6. The number of ether oxygens (including phenoxy) is 3. The normalized spacial score (nSPS) is 13.0. The van der Waals surface area contributed by atoms with Gasteiger partial charge in [-0.1, -0.05) is 29.8 Å². The number of benzene rings is 2. The van der Waals surface area contributed by atoms with Crippen molar-refractivity contribution in [3.63, 3.8) is 0 Å². The van der Waals surface area contributed by atoms with Gasteiger partial charge in [-0.15, -0.1) is 0 Å². The van der Waals surface area contributed by atoms with Crippen LogP contribution in [0.1, 0.15) is 38.8 Å². The predicted octanol–water partition coefficient (Wildman–Crippen LogP) is 6.69. The molecule has 0 saturated heterocycles. The summed E-state index contributed by atoms with van der Waals surface area (Å²) in [6, 6.07) is 19.5. The van der Waals surface area contributed by atoms with Gasteiger partial charge in [0.15, 0.2) is 5.65 Å². The average Bonchev–Trinajstić information content (AvgIpc) is 3.28. The number of aromatic nitrogens is 2. The molecule has 1 amide bonds. The van der Waals surface area contributed by atoms with Crippen LogP contribution in [0.2, 0.25) is 0 Å². The lowest BCUT2D eigenvalue weighted by Crippen LogP contribution is -2.55. The minimum absolute atomic E-state index is 0.206. The molecular weight excluding hydrogens is 514 g/mol. The molecule has 0 radical (unpaired) electrons. The fraction of sp³-hybridized carbons (Fsp3) is 0.300. The summed E-state index contributed by atoms with van der Waals surface area (Å²) >= 11 is 1.59. The maximum absolute atomic E-state index is 12.6. The lowest BCUT2D eigenvalue weighted by molar-refractivity contribution is -0.147. The molecule has 2 aromatic heterocycles. The van der Waals surface area contributed by atoms with E-state index in [0.717, 1.165) is 21.5 Å². The number of esters is 1. The SMILES string of the molecule is COC(=O)C(C)(Cc1ccc(Oc2ccnc3c2ccn3Sc2ccc(C)cc2)cc1)NC(=O)OC(C)(C)C. The van der Waals surface area contributed by atoms with Crippen LogP contribution in [-0.4, -0.2) is 39.3 Å². The number of carbonyl (C=O) groups is 2. The van der Waals surface area contributed by atoms with Gasteiger partial charge < -0.3 is 19.5 Å². The van der Waals surface area contributed by atoms with Gasteiger partial charge in [0.05, 0.1) is 12.5 Å². The number of nitrogens with one attached hydrogen (secondary N) is 1. The van der Waals surface area contributed by atoms with Gasteiger partial charge in [0, 0.05) is 23.7 Å². The van der Waals surface area contributed by atoms with Crippen molar-refractivity contribution >= 4 is 35.0 Å². The molecule has 1 unspecified atom stereocenters. The number of methoxy groups -OCH3 is 1. The molecule has 9 heteroatoms. The second-order valence-electron chi connectivity index (χ2n) is 10.5. The van der Waals surface area contributed by atoms with E-state index in [4.69, 9.17) is 14.2 Å². The van der Waals surface area contributed by atoms with Crippen LogP contribution in [-0.2, 0) is 20.7 Å². The van der Waals surface area contributed by atoms with Crippen molar-refractivity contribution in [3.8, 4) is 11.5 Å². The largest absolute Gasteiger partial charge is 0.467 e. The van der Waals surface area contributed by atoms with Crippen molar-refractivity contribution in [2.24, 2.45) is 0 Å². The van der Waals surface area contributed by atoms with E-state index in [1.807, 2.05) is 46.6 Å². The van der Waals surface area contributed by atoms with Gasteiger partial charge in [0.25, 0.3) is 0 Å². The number of pyridine rings is 1. The van der Waals surface area contributed by atoms with Gasteiger partial charge in [-0.3, -0.25) is 3.97 Å². The molecule has 4 rings (SSSR count). The van der Waals surface area contributed by atoms with E-state index in [0.29, 0.717) is 11.5 Å². The zero-order valence-electron chi connectivity index (χ0n) is 23.0. The zero-order valence-corrected chi connectivity index (χ0v) is 23.8. The Balaban J connectivity index is 1.48. The maximum atomic E-state index is 12.6. The Morgan fingerprint density at radius 3 is 2.31 bits per heavy atom. The monoisotopic (exact) mass is 547 g/mol. The molecule has 1 atom stereocenters. The molecule has 0 aliphatic carbocycles. The zero-order chi connectivity index (χ0) is 28.2. The third-order valence-corrected chi connectivity index (χ3v) is 6.84. The molecule has 39 heavy (non-hydrogen) atoms. The van der Waals surface area contributed by atoms with Crippen LogP contribution in [0.3, 0.4) is 0 Å². The summed E-state index contributed by atoms with van der Waals surface area (Å²) in [7, 11) is 1.29. The minimum Gasteiger partial charge on any atom is -0.467 e. The number of amides is 1. The van der Waals surface area contributed by atoms with E-state index in [1.165, 1.54) is 12.7 Å². The highest BCUT2D eigenvalue weighted by atomic mass is 32.2. The number of carbonyl (C=O) groups excluding carboxylic acids is 2. The van der Waals surface area contributed by atoms with Crippen molar-refractivity contribution in [2.75, 3.05) is 7.11 Å². The lowest BCUT2D eigenvalue weighted by atomic mass is 9.93. The molecule has 1 N–H and O–H groups in total. The molecule has 0 aliphatic heterocycles. The smallest absolute Gasteiger partial charge is 0.408 e. The second-order valence-corrected chi connectivity index (χ2v) is 11.5. The van der Waals surface area contributed by atoms with Crippen LogP contribution in [0, 0.1) is 6.92 Å². The van der Waals surface area contributed by atoms with Gasteiger partial charge in [-0.05, 0) is 88.5 Å². The summed E-state index contributed by atoms with van der Waals surface area (Å²) in [5.41, 5.74) is 0.822. The minimum atomic E-state index is -1.31. The summed E-state index contributed by atoms with van der Waals surface area (Å²) in [5, 5.41) is 3.56. The van der Waals surface area contributed by atoms with E-state index in [2.05, 4.69) is 41.5 Å². The highest BCUT2D eigenvalue weighted by Gasteiger charge is 2.37. The third-order valence-electron chi connectivity index (χ3n) is 5.86. The summed E-state index contributed by atoms with van der Waals surface area (Å²) in [6.07, 6.45) is 3.22. The first-order valence-electron chi connectivity index (χ1n) is 12.5. The predicted molar refractivity (Wildman–Crippen MR) is 152 cm³/mol. The molecule has 204 valence electrons. The van der Waals surface area contributed by atoms with Gasteiger partial charge in [0.1, 0.15) is 22.6 Å². The number of nitrogens with zero attached hydrogens (tertiary/aromatic N) is 2. The van der Waals surface area contributed by atoms with Crippen molar-refractivity contribution in [1.82, 2.24) is 14.3 Å². The Morgan fingerprint density at radius 1 is 0.974 bits per heavy atom. The number of hydrogen-bond donors (Lipinski definition) is 1. The standard InChI is InChI=1S/C30H33N3O5S/c1-20-7-13-23(14-8-20)39-33-18-16-24-25(15-17-31-26(24)33)37-22-11-9-21(10-12-22)19-30(5,27(34)36-6)32-28(35)38-29(2,3)4/h7-18H,19H2,1-6H3,(H,32,35). The van der Waals surface area contributed by atoms with E-state index in [-0.39, 0.29) is 6.42 Å². The highest BCUT2D eigenvalue weighted by Crippen LogP contribution is 2.33. The first-order chi connectivity index (χ1) is 18.5. The number of fused-ring (bicyclic) bond motifs is 1. The Morgan fingerprint density at radius 2 is 1.67 bits per heavy atom. The van der Waals surface area contributed by atoms with E-state index in [1.54, 1.807) is 45.8 Å². The van der Waals surface area contributed by atoms with Gasteiger partial charge in [-0.25, -0.2) is 14.6 Å². The van der Waals surface area contributed by atoms with Crippen molar-refractivity contribution < 1.29 is 23.8 Å². The Bertz CT molecular complexity index is 1460. The van der Waals surface area contributed by atoms with Crippen molar-refractivity contribution in [3.05, 3.63) is 84.2 Å². The summed E-state index contributed by atoms with van der Waals surface area (Å²) in [6.45, 7) is 8.95. The third kappa shape index (κ3) is 7.11. The van der Waals surface area contributed by atoms with Crippen LogP contribution >= 0.6 is 11.9 Å². The van der Waals surface area contributed by atoms with Crippen LogP contribution in [0.4, 0.5) is 4.79 Å². The van der Waals surface area contributed by atoms with E-state index in [9.17, 15) is 9.59 Å².